The first-order chi connectivity index (χ1) is 11.1. The second-order valence-corrected chi connectivity index (χ2v) is 5.04. The van der Waals surface area contributed by atoms with Crippen LogP contribution in [0.1, 0.15) is 18.1 Å². The van der Waals surface area contributed by atoms with Gasteiger partial charge in [-0.1, -0.05) is 24.3 Å². The zero-order valence-corrected chi connectivity index (χ0v) is 13.2. The molecule has 6 nitrogen and oxygen atoms in total. The standard InChI is InChI=1S/C16H14NO5P/c1-12(17(18)19)10-13-2-6-15(7-3-13)21-11-14-4-8-16(9-5-14)22-23-20/h2-10H,11H2,1H3. The van der Waals surface area contributed by atoms with Crippen LogP contribution in [0.25, 0.3) is 6.08 Å². The van der Waals surface area contributed by atoms with Crippen molar-refractivity contribution in [2.45, 2.75) is 13.5 Å². The lowest BCUT2D eigenvalue weighted by Crippen LogP contribution is -1.95. The molecular weight excluding hydrogens is 317 g/mol. The Hall–Kier alpha value is -2.72. The number of nitrogens with zero attached hydrogens (tertiary/aromatic N) is 1. The fourth-order valence-electron chi connectivity index (χ4n) is 1.81. The summed E-state index contributed by atoms with van der Waals surface area (Å²) >= 11 is 0. The highest BCUT2D eigenvalue weighted by atomic mass is 31.1. The van der Waals surface area contributed by atoms with Crippen molar-refractivity contribution in [2.24, 2.45) is 0 Å². The maximum Gasteiger partial charge on any atom is 0.395 e. The lowest BCUT2D eigenvalue weighted by atomic mass is 10.2. The van der Waals surface area contributed by atoms with Gasteiger partial charge in [-0.15, -0.1) is 0 Å². The van der Waals surface area contributed by atoms with Crippen molar-refractivity contribution in [1.82, 2.24) is 0 Å². The molecular formula is C16H14NO5P. The topological polar surface area (TPSA) is 78.7 Å². The molecule has 23 heavy (non-hydrogen) atoms. The lowest BCUT2D eigenvalue weighted by Gasteiger charge is -2.07. The Morgan fingerprint density at radius 1 is 1.13 bits per heavy atom. The summed E-state index contributed by atoms with van der Waals surface area (Å²) in [5, 5.41) is 10.6. The van der Waals surface area contributed by atoms with Crippen LogP contribution >= 0.6 is 8.69 Å². The van der Waals surface area contributed by atoms with E-state index in [1.807, 2.05) is 12.1 Å². The SMILES string of the molecule is CC(=Cc1ccc(OCc2ccc(OP=O)cc2)cc1)[N+](=O)[O-]. The van der Waals surface area contributed by atoms with E-state index in [1.165, 1.54) is 13.0 Å². The lowest BCUT2D eigenvalue weighted by molar-refractivity contribution is -0.422. The molecule has 0 N–H and O–H groups in total. The molecule has 0 aliphatic carbocycles. The average molecular weight is 331 g/mol. The Kier molecular flexibility index (Phi) is 5.83. The summed E-state index contributed by atoms with van der Waals surface area (Å²) in [6.45, 7) is 1.82. The minimum Gasteiger partial charge on any atom is -0.489 e. The van der Waals surface area contributed by atoms with Gasteiger partial charge in [0, 0.05) is 13.0 Å². The number of hydrogen-bond acceptors (Lipinski definition) is 5. The predicted molar refractivity (Wildman–Crippen MR) is 86.1 cm³/mol. The van der Waals surface area contributed by atoms with E-state index in [4.69, 9.17) is 9.26 Å². The molecule has 0 aliphatic heterocycles. The van der Waals surface area contributed by atoms with Crippen molar-refractivity contribution in [3.63, 3.8) is 0 Å². The van der Waals surface area contributed by atoms with E-state index in [0.29, 0.717) is 18.1 Å². The molecule has 0 heterocycles. The van der Waals surface area contributed by atoms with E-state index < -0.39 is 4.92 Å². The Morgan fingerprint density at radius 3 is 2.30 bits per heavy atom. The molecule has 2 rings (SSSR count). The molecule has 0 radical (unpaired) electrons. The minimum atomic E-state index is -0.426. The van der Waals surface area contributed by atoms with Crippen LogP contribution in [-0.4, -0.2) is 4.92 Å². The third-order valence-electron chi connectivity index (χ3n) is 3.02. The summed E-state index contributed by atoms with van der Waals surface area (Å²) in [5.74, 6) is 1.18. The summed E-state index contributed by atoms with van der Waals surface area (Å²) in [7, 11) is -0.386. The molecule has 0 bridgehead atoms. The van der Waals surface area contributed by atoms with Crippen LogP contribution in [0.2, 0.25) is 0 Å². The van der Waals surface area contributed by atoms with Crippen molar-refractivity contribution in [3.05, 3.63) is 75.5 Å². The number of nitro groups is 1. The van der Waals surface area contributed by atoms with Crippen molar-refractivity contribution in [2.75, 3.05) is 0 Å². The Balaban J connectivity index is 1.94. The van der Waals surface area contributed by atoms with Crippen molar-refractivity contribution in [3.8, 4) is 11.5 Å². The largest absolute Gasteiger partial charge is 0.489 e. The molecule has 0 saturated carbocycles. The first-order valence-electron chi connectivity index (χ1n) is 6.72. The van der Waals surface area contributed by atoms with Gasteiger partial charge < -0.3 is 9.26 Å². The van der Waals surface area contributed by atoms with Crippen molar-refractivity contribution >= 4 is 14.8 Å². The molecule has 0 unspecified atom stereocenters. The maximum atomic E-state index is 10.6. The molecule has 0 aromatic heterocycles. The molecule has 0 amide bonds. The van der Waals surface area contributed by atoms with Gasteiger partial charge in [-0.2, -0.15) is 0 Å². The van der Waals surface area contributed by atoms with Crippen LogP contribution in [0.4, 0.5) is 0 Å². The predicted octanol–water partition coefficient (Wildman–Crippen LogP) is 4.49. The summed E-state index contributed by atoms with van der Waals surface area (Å²) in [4.78, 5) is 10.2. The number of rotatable bonds is 7. The molecule has 0 spiro atoms. The second-order valence-electron chi connectivity index (χ2n) is 4.71. The third-order valence-corrected chi connectivity index (χ3v) is 3.30. The van der Waals surface area contributed by atoms with E-state index in [1.54, 1.807) is 36.4 Å². The van der Waals surface area contributed by atoms with Gasteiger partial charge in [-0.05, 0) is 35.4 Å². The zero-order valence-electron chi connectivity index (χ0n) is 12.3. The van der Waals surface area contributed by atoms with E-state index in [-0.39, 0.29) is 14.4 Å². The van der Waals surface area contributed by atoms with E-state index >= 15 is 0 Å². The van der Waals surface area contributed by atoms with Crippen LogP contribution in [0.15, 0.2) is 54.2 Å². The Labute approximate surface area is 134 Å². The number of allylic oxidation sites excluding steroid dienone is 1. The highest BCUT2D eigenvalue weighted by Gasteiger charge is 2.02. The van der Waals surface area contributed by atoms with Crippen LogP contribution in [0, 0.1) is 10.1 Å². The molecule has 0 saturated heterocycles. The quantitative estimate of drug-likeness (QED) is 0.424. The average Bonchev–Trinajstić information content (AvgIpc) is 2.55. The van der Waals surface area contributed by atoms with Gasteiger partial charge in [-0.25, -0.2) is 4.57 Å². The van der Waals surface area contributed by atoms with E-state index in [9.17, 15) is 14.7 Å². The van der Waals surface area contributed by atoms with Gasteiger partial charge in [0.1, 0.15) is 18.1 Å². The first-order valence-corrected chi connectivity index (χ1v) is 7.45. The zero-order chi connectivity index (χ0) is 16.7. The van der Waals surface area contributed by atoms with Gasteiger partial charge in [0.05, 0.1) is 4.92 Å². The Bertz CT molecular complexity index is 710. The number of benzene rings is 2. The highest BCUT2D eigenvalue weighted by molar-refractivity contribution is 7.17. The second kappa shape index (κ2) is 8.06. The summed E-state index contributed by atoms with van der Waals surface area (Å²) in [6.07, 6.45) is 1.50. The molecule has 2 aromatic carbocycles. The molecule has 0 atom stereocenters. The molecule has 2 aromatic rings. The van der Waals surface area contributed by atoms with Crippen molar-refractivity contribution < 1.29 is 18.7 Å². The fraction of sp³-hybridized carbons (Fsp3) is 0.125. The van der Waals surface area contributed by atoms with E-state index in [2.05, 4.69) is 0 Å². The van der Waals surface area contributed by atoms with Crippen LogP contribution in [0.5, 0.6) is 11.5 Å². The van der Waals surface area contributed by atoms with Gasteiger partial charge >= 0.3 is 8.69 Å². The highest BCUT2D eigenvalue weighted by Crippen LogP contribution is 2.19. The van der Waals surface area contributed by atoms with Crippen LogP contribution < -0.4 is 9.26 Å². The summed E-state index contributed by atoms with van der Waals surface area (Å²) in [5.41, 5.74) is 1.76. The van der Waals surface area contributed by atoms with Gasteiger partial charge in [-0.3, -0.25) is 10.1 Å². The monoisotopic (exact) mass is 331 g/mol. The Morgan fingerprint density at radius 2 is 1.74 bits per heavy atom. The molecule has 0 fully saturated rings. The summed E-state index contributed by atoms with van der Waals surface area (Å²) < 4.78 is 20.8. The van der Waals surface area contributed by atoms with Crippen LogP contribution in [-0.2, 0) is 11.2 Å². The normalized spacial score (nSPS) is 11.3. The number of hydrogen-bond donors (Lipinski definition) is 0. The van der Waals surface area contributed by atoms with Gasteiger partial charge in [0.15, 0.2) is 0 Å². The van der Waals surface area contributed by atoms with Crippen molar-refractivity contribution in [1.29, 1.82) is 0 Å². The van der Waals surface area contributed by atoms with Crippen LogP contribution in [0.3, 0.4) is 0 Å². The molecule has 118 valence electrons. The number of ether oxygens (including phenoxy) is 1. The fourth-order valence-corrected chi connectivity index (χ4v) is 2.02. The van der Waals surface area contributed by atoms with E-state index in [0.717, 1.165) is 11.1 Å². The minimum absolute atomic E-state index is 0.0819. The maximum absolute atomic E-state index is 10.6. The first kappa shape index (κ1) is 16.6. The van der Waals surface area contributed by atoms with Gasteiger partial charge in [0.2, 0.25) is 5.70 Å². The summed E-state index contributed by atoms with van der Waals surface area (Å²) in [6, 6.07) is 14.1. The smallest absolute Gasteiger partial charge is 0.395 e. The molecule has 7 heteroatoms. The van der Waals surface area contributed by atoms with Gasteiger partial charge in [0.25, 0.3) is 0 Å². The molecule has 0 aliphatic rings. The third kappa shape index (κ3) is 5.20.